The van der Waals surface area contributed by atoms with Crippen molar-refractivity contribution in [1.29, 1.82) is 0 Å². The monoisotopic (exact) mass is 402 g/mol. The quantitative estimate of drug-likeness (QED) is 0.293. The van der Waals surface area contributed by atoms with E-state index in [-0.39, 0.29) is 30.6 Å². The van der Waals surface area contributed by atoms with E-state index in [1.54, 1.807) is 0 Å². The van der Waals surface area contributed by atoms with Crippen molar-refractivity contribution in [1.82, 2.24) is 15.3 Å². The number of nitro groups is 1. The first-order chi connectivity index (χ1) is 14.6. The molecule has 1 aliphatic carbocycles. The third-order valence-corrected chi connectivity index (χ3v) is 4.87. The number of carbonyl (C=O) groups excluding carboxylic acids is 1. The zero-order chi connectivity index (χ0) is 20.9. The molecule has 0 unspecified atom stereocenters. The Kier molecular flexibility index (Phi) is 5.44. The van der Waals surface area contributed by atoms with E-state index in [0.717, 1.165) is 11.1 Å². The van der Waals surface area contributed by atoms with Crippen molar-refractivity contribution >= 4 is 11.9 Å². The van der Waals surface area contributed by atoms with Crippen LogP contribution >= 0.6 is 0 Å². The lowest BCUT2D eigenvalue weighted by Crippen LogP contribution is -2.26. The van der Waals surface area contributed by atoms with Gasteiger partial charge in [-0.25, -0.2) is 9.78 Å². The maximum Gasteiger partial charge on any atom is 0.407 e. The van der Waals surface area contributed by atoms with Crippen molar-refractivity contribution in [2.75, 3.05) is 13.2 Å². The summed E-state index contributed by atoms with van der Waals surface area (Å²) in [4.78, 5) is 28.5. The normalized spacial score (nSPS) is 11.7. The smallest absolute Gasteiger partial charge is 0.407 e. The van der Waals surface area contributed by atoms with Crippen LogP contribution in [0.25, 0.3) is 11.1 Å². The minimum absolute atomic E-state index is 0.00292. The van der Waals surface area contributed by atoms with Crippen molar-refractivity contribution in [2.24, 2.45) is 0 Å². The number of alkyl carbamates (subject to hydrolysis) is 1. The minimum Gasteiger partial charge on any atom is -0.449 e. The van der Waals surface area contributed by atoms with Gasteiger partial charge in [-0.2, -0.15) is 4.98 Å². The van der Waals surface area contributed by atoms with E-state index in [9.17, 15) is 14.9 Å². The van der Waals surface area contributed by atoms with Crippen LogP contribution in [0.2, 0.25) is 0 Å². The molecule has 1 aromatic heterocycles. The minimum atomic E-state index is -0.577. The van der Waals surface area contributed by atoms with Gasteiger partial charge in [0.25, 0.3) is 0 Å². The molecule has 0 atom stereocenters. The fraction of sp³-hybridized carbons (Fsp3) is 0.182. The number of nitrogens with one attached hydrogen (secondary N) is 2. The Morgan fingerprint density at radius 1 is 1.17 bits per heavy atom. The molecule has 1 heterocycles. The summed E-state index contributed by atoms with van der Waals surface area (Å²) < 4.78 is 5.44. The van der Waals surface area contributed by atoms with Crippen molar-refractivity contribution in [2.45, 2.75) is 12.3 Å². The van der Waals surface area contributed by atoms with Crippen LogP contribution in [-0.4, -0.2) is 34.1 Å². The Hall–Kier alpha value is -4.12. The van der Waals surface area contributed by atoms with Crippen molar-refractivity contribution < 1.29 is 14.5 Å². The number of H-pyrrole nitrogens is 1. The molecule has 0 aliphatic heterocycles. The molecule has 2 aromatic carbocycles. The molecule has 4 rings (SSSR count). The number of ether oxygens (including phenoxy) is 1. The average molecular weight is 402 g/mol. The summed E-state index contributed by atoms with van der Waals surface area (Å²) in [6.07, 6.45) is 1.01. The van der Waals surface area contributed by atoms with Gasteiger partial charge in [-0.1, -0.05) is 54.5 Å². The summed E-state index contributed by atoms with van der Waals surface area (Å²) in [6.45, 7) is 0.507. The number of imidazole rings is 1. The Bertz CT molecular complexity index is 1110. The van der Waals surface area contributed by atoms with Crippen LogP contribution in [0.4, 0.5) is 10.6 Å². The highest BCUT2D eigenvalue weighted by molar-refractivity contribution is 5.79. The van der Waals surface area contributed by atoms with Crippen LogP contribution in [0, 0.1) is 22.0 Å². The number of aromatic nitrogens is 2. The summed E-state index contributed by atoms with van der Waals surface area (Å²) in [7, 11) is 0. The largest absolute Gasteiger partial charge is 0.449 e. The Labute approximate surface area is 172 Å². The van der Waals surface area contributed by atoms with E-state index in [1.807, 2.05) is 24.3 Å². The van der Waals surface area contributed by atoms with E-state index in [4.69, 9.17) is 4.74 Å². The van der Waals surface area contributed by atoms with Gasteiger partial charge in [0.15, 0.2) is 6.33 Å². The first-order valence-corrected chi connectivity index (χ1v) is 9.40. The number of fused-ring (bicyclic) bond motifs is 3. The molecule has 0 bridgehead atoms. The molecule has 150 valence electrons. The fourth-order valence-electron chi connectivity index (χ4n) is 3.54. The lowest BCUT2D eigenvalue weighted by Gasteiger charge is -2.14. The van der Waals surface area contributed by atoms with Gasteiger partial charge in [0.2, 0.25) is 5.69 Å². The summed E-state index contributed by atoms with van der Waals surface area (Å²) in [6, 6.07) is 16.3. The topological polar surface area (TPSA) is 110 Å². The number of benzene rings is 2. The molecule has 0 saturated heterocycles. The molecule has 8 heteroatoms. The highest BCUT2D eigenvalue weighted by Crippen LogP contribution is 2.44. The molecule has 1 amide bonds. The highest BCUT2D eigenvalue weighted by atomic mass is 16.6. The van der Waals surface area contributed by atoms with Crippen LogP contribution in [0.1, 0.15) is 29.2 Å². The van der Waals surface area contributed by atoms with Crippen molar-refractivity contribution in [3.63, 3.8) is 0 Å². The van der Waals surface area contributed by atoms with Crippen LogP contribution < -0.4 is 5.32 Å². The predicted molar refractivity (Wildman–Crippen MR) is 110 cm³/mol. The molecule has 2 N–H and O–H groups in total. The lowest BCUT2D eigenvalue weighted by molar-refractivity contribution is -0.389. The third kappa shape index (κ3) is 3.86. The van der Waals surface area contributed by atoms with Crippen molar-refractivity contribution in [3.05, 3.63) is 81.8 Å². The van der Waals surface area contributed by atoms with Gasteiger partial charge in [0, 0.05) is 18.9 Å². The van der Waals surface area contributed by atoms with Crippen LogP contribution in [0.5, 0.6) is 0 Å². The predicted octanol–water partition coefficient (Wildman–Crippen LogP) is 3.60. The highest BCUT2D eigenvalue weighted by Gasteiger charge is 2.28. The number of carbonyl (C=O) groups is 1. The van der Waals surface area contributed by atoms with Crippen LogP contribution in [0.15, 0.2) is 54.9 Å². The molecular weight excluding hydrogens is 384 g/mol. The molecule has 0 saturated carbocycles. The van der Waals surface area contributed by atoms with Crippen LogP contribution in [-0.2, 0) is 4.74 Å². The summed E-state index contributed by atoms with van der Waals surface area (Å²) in [5, 5.41) is 13.4. The van der Waals surface area contributed by atoms with E-state index in [1.165, 1.54) is 17.5 Å². The van der Waals surface area contributed by atoms with Gasteiger partial charge >= 0.3 is 11.9 Å². The Balaban J connectivity index is 1.29. The van der Waals surface area contributed by atoms with E-state index < -0.39 is 11.0 Å². The van der Waals surface area contributed by atoms with Gasteiger partial charge in [-0.3, -0.25) is 0 Å². The molecule has 8 nitrogen and oxygen atoms in total. The van der Waals surface area contributed by atoms with Gasteiger partial charge < -0.3 is 20.2 Å². The summed E-state index contributed by atoms with van der Waals surface area (Å²) in [5.41, 5.74) is 4.71. The van der Waals surface area contributed by atoms with E-state index in [0.29, 0.717) is 6.42 Å². The fourth-order valence-corrected chi connectivity index (χ4v) is 3.54. The summed E-state index contributed by atoms with van der Waals surface area (Å²) >= 11 is 0. The first-order valence-electron chi connectivity index (χ1n) is 9.40. The molecular formula is C22H18N4O4. The maximum absolute atomic E-state index is 12.1. The van der Waals surface area contributed by atoms with E-state index >= 15 is 0 Å². The molecule has 0 spiro atoms. The number of nitrogens with zero attached hydrogens (tertiary/aromatic N) is 2. The Morgan fingerprint density at radius 2 is 1.83 bits per heavy atom. The maximum atomic E-state index is 12.1. The Morgan fingerprint density at radius 3 is 2.50 bits per heavy atom. The second kappa shape index (κ2) is 8.49. The number of hydrogen-bond acceptors (Lipinski definition) is 5. The van der Waals surface area contributed by atoms with Gasteiger partial charge in [0.05, 0.1) is 0 Å². The van der Waals surface area contributed by atoms with Gasteiger partial charge in [0.1, 0.15) is 6.61 Å². The van der Waals surface area contributed by atoms with E-state index in [2.05, 4.69) is 51.4 Å². The number of hydrogen-bond donors (Lipinski definition) is 2. The zero-order valence-electron chi connectivity index (χ0n) is 15.9. The molecule has 0 radical (unpaired) electrons. The molecule has 3 aromatic rings. The third-order valence-electron chi connectivity index (χ3n) is 4.87. The second-order valence-electron chi connectivity index (χ2n) is 6.66. The first kappa shape index (κ1) is 19.2. The molecule has 30 heavy (non-hydrogen) atoms. The standard InChI is InChI=1S/C22H18N4O4/c27-22(23-12-6-5-11-20-21(26(28)29)25-14-24-20)30-13-19-17-9-3-1-7-15(17)16-8-2-4-10-18(16)19/h1-4,7-10,14,19H,6,12-13H2,(H,23,27)(H,24,25). The number of rotatable bonds is 5. The molecule has 0 fully saturated rings. The molecule has 1 aliphatic rings. The van der Waals surface area contributed by atoms with Crippen molar-refractivity contribution in [3.8, 4) is 23.0 Å². The SMILES string of the molecule is O=C(NCCC#Cc1nc[nH]c1[N+](=O)[O-])OCC1c2ccccc2-c2ccccc21. The lowest BCUT2D eigenvalue weighted by atomic mass is 9.98. The van der Waals surface area contributed by atoms with Gasteiger partial charge in [-0.15, -0.1) is 0 Å². The van der Waals surface area contributed by atoms with Gasteiger partial charge in [-0.05, 0) is 33.1 Å². The van der Waals surface area contributed by atoms with Crippen LogP contribution in [0.3, 0.4) is 0 Å². The average Bonchev–Trinajstić information content (AvgIpc) is 3.35. The number of aromatic amines is 1. The second-order valence-corrected chi connectivity index (χ2v) is 6.66. The zero-order valence-corrected chi connectivity index (χ0v) is 15.9. The number of amides is 1. The summed E-state index contributed by atoms with van der Waals surface area (Å²) in [5.74, 6) is 5.13.